The molecule has 6 aromatic carbocycles. The molecule has 0 spiro atoms. The van der Waals surface area contributed by atoms with E-state index in [0.29, 0.717) is 0 Å². The first-order chi connectivity index (χ1) is 20.0. The van der Waals surface area contributed by atoms with Crippen molar-refractivity contribution in [2.45, 2.75) is 29.1 Å². The molecule has 0 radical (unpaired) electrons. The average Bonchev–Trinajstić information content (AvgIpc) is 3.29. The maximum atomic E-state index is 4.94. The maximum absolute atomic E-state index is 4.94. The lowest BCUT2D eigenvalue weighted by molar-refractivity contribution is 0.767. The third-order valence-electron chi connectivity index (χ3n) is 8.47. The topological polar surface area (TPSA) is 0 Å². The molecule has 0 aromatic heterocycles. The van der Waals surface area contributed by atoms with Gasteiger partial charge in [-0.15, -0.1) is 25.3 Å². The molecule has 198 valence electrons. The van der Waals surface area contributed by atoms with E-state index >= 15 is 0 Å². The fourth-order valence-corrected chi connectivity index (χ4v) is 7.19. The zero-order valence-corrected chi connectivity index (χ0v) is 24.9. The second kappa shape index (κ2) is 10.1. The Morgan fingerprint density at radius 2 is 0.854 bits per heavy atom. The Kier molecular flexibility index (Phi) is 6.42. The van der Waals surface area contributed by atoms with Crippen LogP contribution < -0.4 is 0 Å². The van der Waals surface area contributed by atoms with Crippen molar-refractivity contribution in [1.29, 1.82) is 0 Å². The molecule has 6 aromatic rings. The van der Waals surface area contributed by atoms with Crippen LogP contribution in [0.2, 0.25) is 0 Å². The summed E-state index contributed by atoms with van der Waals surface area (Å²) in [4.78, 5) is 1.94. The van der Waals surface area contributed by atoms with Gasteiger partial charge in [-0.1, -0.05) is 120 Å². The van der Waals surface area contributed by atoms with Crippen LogP contribution in [0.1, 0.15) is 33.4 Å². The highest BCUT2D eigenvalue weighted by Crippen LogP contribution is 2.57. The first-order valence-corrected chi connectivity index (χ1v) is 14.9. The summed E-state index contributed by atoms with van der Waals surface area (Å²) in [5.41, 5.74) is 14.2. The van der Waals surface area contributed by atoms with E-state index in [1.54, 1.807) is 0 Å². The summed E-state index contributed by atoms with van der Waals surface area (Å²) in [6, 6.07) is 48.7. The van der Waals surface area contributed by atoms with Crippen molar-refractivity contribution in [2.24, 2.45) is 0 Å². The highest BCUT2D eigenvalue weighted by molar-refractivity contribution is 7.80. The third kappa shape index (κ3) is 4.17. The minimum absolute atomic E-state index is 0.507. The van der Waals surface area contributed by atoms with E-state index in [1.807, 2.05) is 0 Å². The number of fused-ring (bicyclic) bond motifs is 3. The summed E-state index contributed by atoms with van der Waals surface area (Å²) in [5, 5.41) is 0. The van der Waals surface area contributed by atoms with Crippen LogP contribution in [-0.2, 0) is 5.41 Å². The predicted octanol–water partition coefficient (Wildman–Crippen LogP) is 10.6. The average molecular weight is 563 g/mol. The van der Waals surface area contributed by atoms with Crippen LogP contribution in [0.5, 0.6) is 0 Å². The Bertz CT molecular complexity index is 1810. The summed E-state index contributed by atoms with van der Waals surface area (Å²) >= 11 is 9.87. The van der Waals surface area contributed by atoms with Crippen molar-refractivity contribution in [3.63, 3.8) is 0 Å². The number of thiol groups is 2. The zero-order valence-electron chi connectivity index (χ0n) is 23.1. The molecule has 2 heteroatoms. The summed E-state index contributed by atoms with van der Waals surface area (Å²) in [6.07, 6.45) is 0. The molecule has 0 amide bonds. The van der Waals surface area contributed by atoms with Gasteiger partial charge in [-0.05, 0) is 93.7 Å². The van der Waals surface area contributed by atoms with E-state index in [4.69, 9.17) is 25.3 Å². The van der Waals surface area contributed by atoms with E-state index in [1.165, 1.54) is 55.6 Å². The van der Waals surface area contributed by atoms with Gasteiger partial charge in [0.15, 0.2) is 0 Å². The normalized spacial score (nSPS) is 13.1. The van der Waals surface area contributed by atoms with Crippen molar-refractivity contribution in [2.75, 3.05) is 0 Å². The Balaban J connectivity index is 1.58. The van der Waals surface area contributed by atoms with E-state index in [2.05, 4.69) is 147 Å². The molecule has 1 aliphatic carbocycles. The molecule has 0 N–H and O–H groups in total. The van der Waals surface area contributed by atoms with Gasteiger partial charge in [0.05, 0.1) is 5.41 Å². The minimum Gasteiger partial charge on any atom is -0.143 e. The highest BCUT2D eigenvalue weighted by Gasteiger charge is 2.46. The highest BCUT2D eigenvalue weighted by atomic mass is 32.1. The van der Waals surface area contributed by atoms with E-state index in [-0.39, 0.29) is 0 Å². The molecule has 0 atom stereocenters. The molecule has 0 fully saturated rings. The smallest absolute Gasteiger partial charge is 0.0714 e. The van der Waals surface area contributed by atoms with Gasteiger partial charge < -0.3 is 0 Å². The lowest BCUT2D eigenvalue weighted by atomic mass is 9.67. The molecule has 0 unspecified atom stereocenters. The molecule has 0 saturated carbocycles. The predicted molar refractivity (Wildman–Crippen MR) is 179 cm³/mol. The van der Waals surface area contributed by atoms with Crippen LogP contribution in [0, 0.1) is 13.8 Å². The summed E-state index contributed by atoms with van der Waals surface area (Å²) in [7, 11) is 0. The van der Waals surface area contributed by atoms with E-state index in [9.17, 15) is 0 Å². The lowest BCUT2D eigenvalue weighted by Gasteiger charge is -2.35. The quantitative estimate of drug-likeness (QED) is 0.196. The number of rotatable bonds is 4. The minimum atomic E-state index is -0.507. The van der Waals surface area contributed by atoms with Crippen LogP contribution in [-0.4, -0.2) is 0 Å². The van der Waals surface area contributed by atoms with Gasteiger partial charge in [0.25, 0.3) is 0 Å². The fourth-order valence-electron chi connectivity index (χ4n) is 6.65. The molecule has 41 heavy (non-hydrogen) atoms. The van der Waals surface area contributed by atoms with Gasteiger partial charge in [0, 0.05) is 9.79 Å². The van der Waals surface area contributed by atoms with Crippen LogP contribution in [0.15, 0.2) is 143 Å². The van der Waals surface area contributed by atoms with Crippen LogP contribution in [0.3, 0.4) is 0 Å². The van der Waals surface area contributed by atoms with Crippen molar-refractivity contribution in [3.05, 3.63) is 167 Å². The van der Waals surface area contributed by atoms with Crippen LogP contribution in [0.25, 0.3) is 33.4 Å². The number of hydrogen-bond acceptors (Lipinski definition) is 2. The third-order valence-corrected chi connectivity index (χ3v) is 9.25. The first kappa shape index (κ1) is 26.0. The van der Waals surface area contributed by atoms with Gasteiger partial charge in [0.2, 0.25) is 0 Å². The van der Waals surface area contributed by atoms with Crippen LogP contribution in [0.4, 0.5) is 0 Å². The fraction of sp³-hybridized carbons (Fsp3) is 0.0769. The zero-order chi connectivity index (χ0) is 28.1. The Hall–Kier alpha value is -3.98. The molecular formula is C39H30S2. The van der Waals surface area contributed by atoms with E-state index < -0.39 is 5.41 Å². The van der Waals surface area contributed by atoms with Crippen LogP contribution >= 0.6 is 25.3 Å². The number of aryl methyl sites for hydroxylation is 2. The monoisotopic (exact) mass is 562 g/mol. The maximum Gasteiger partial charge on any atom is 0.0714 e. The van der Waals surface area contributed by atoms with Crippen molar-refractivity contribution in [3.8, 4) is 33.4 Å². The summed E-state index contributed by atoms with van der Waals surface area (Å²) in [5.74, 6) is 0. The number of benzene rings is 6. The molecule has 0 bridgehead atoms. The van der Waals surface area contributed by atoms with Gasteiger partial charge >= 0.3 is 0 Å². The molecular weight excluding hydrogens is 533 g/mol. The summed E-state index contributed by atoms with van der Waals surface area (Å²) < 4.78 is 0. The lowest BCUT2D eigenvalue weighted by Crippen LogP contribution is -2.28. The molecule has 1 aliphatic rings. The Morgan fingerprint density at radius 3 is 1.29 bits per heavy atom. The molecule has 0 nitrogen and oxygen atoms in total. The molecule has 0 saturated heterocycles. The Morgan fingerprint density at radius 1 is 0.415 bits per heavy atom. The van der Waals surface area contributed by atoms with Gasteiger partial charge in [0.1, 0.15) is 0 Å². The van der Waals surface area contributed by atoms with Gasteiger partial charge in [-0.25, -0.2) is 0 Å². The van der Waals surface area contributed by atoms with Gasteiger partial charge in [-0.3, -0.25) is 0 Å². The first-order valence-electron chi connectivity index (χ1n) is 14.0. The summed E-state index contributed by atoms with van der Waals surface area (Å²) in [6.45, 7) is 4.28. The second-order valence-electron chi connectivity index (χ2n) is 11.0. The van der Waals surface area contributed by atoms with Crippen molar-refractivity contribution in [1.82, 2.24) is 0 Å². The molecule has 0 heterocycles. The SMILES string of the molecule is Cc1cccc(-c2cc(C3(c4ccc(S)c(-c5cccc(C)c5)c4)c4ccccc4-c4ccccc43)ccc2S)c1. The molecule has 0 aliphatic heterocycles. The second-order valence-corrected chi connectivity index (χ2v) is 12.0. The standard InChI is InChI=1S/C39H30S2/c1-25-9-7-11-27(21-25)33-23-29(17-19-37(33)40)39(35-15-5-3-13-31(35)32-14-4-6-16-36(32)39)30-18-20-38(41)34(24-30)28-12-8-10-26(2)22-28/h3-24,40-41H,1-2H3. The largest absolute Gasteiger partial charge is 0.143 e. The molecule has 7 rings (SSSR count). The van der Waals surface area contributed by atoms with Gasteiger partial charge in [-0.2, -0.15) is 0 Å². The van der Waals surface area contributed by atoms with E-state index in [0.717, 1.165) is 20.9 Å². The van der Waals surface area contributed by atoms with Crippen molar-refractivity contribution >= 4 is 25.3 Å². The Labute approximate surface area is 253 Å². The number of hydrogen-bond donors (Lipinski definition) is 2. The van der Waals surface area contributed by atoms with Crippen molar-refractivity contribution < 1.29 is 0 Å².